The van der Waals surface area contributed by atoms with Crippen molar-refractivity contribution >= 4 is 0 Å². The maximum absolute atomic E-state index is 13.0. The number of ether oxygens (including phenoxy) is 2. The Morgan fingerprint density at radius 3 is 2.28 bits per heavy atom. The Morgan fingerprint density at radius 1 is 1.11 bits per heavy atom. The minimum Gasteiger partial charge on any atom is -0.453 e. The average Bonchev–Trinajstić information content (AvgIpc) is 2.30. The Hall–Kier alpha value is -1.65. The van der Waals surface area contributed by atoms with E-state index < -0.39 is 13.0 Å². The third-order valence-electron chi connectivity index (χ3n) is 2.28. The molecule has 1 atom stereocenters. The van der Waals surface area contributed by atoms with Crippen molar-refractivity contribution in [1.82, 2.24) is 0 Å². The van der Waals surface area contributed by atoms with Crippen LogP contribution in [-0.4, -0.2) is 13.0 Å². The summed E-state index contributed by atoms with van der Waals surface area (Å²) in [5, 5.41) is 0. The van der Waals surface area contributed by atoms with Crippen molar-refractivity contribution in [3.63, 3.8) is 0 Å². The number of hydrogen-bond acceptors (Lipinski definition) is 2. The van der Waals surface area contributed by atoms with Crippen LogP contribution < -0.4 is 9.47 Å². The lowest BCUT2D eigenvalue weighted by Gasteiger charge is -2.15. The van der Waals surface area contributed by atoms with Crippen LogP contribution >= 0.6 is 0 Å². The van der Waals surface area contributed by atoms with Crippen LogP contribution in [-0.2, 0) is 0 Å². The summed E-state index contributed by atoms with van der Waals surface area (Å²) < 4.78 is 46.6. The highest BCUT2D eigenvalue weighted by atomic mass is 19.3. The summed E-state index contributed by atoms with van der Waals surface area (Å²) in [6.45, 7) is 4.03. The number of rotatable bonds is 6. The molecule has 0 saturated heterocycles. The molecule has 18 heavy (non-hydrogen) atoms. The van der Waals surface area contributed by atoms with Gasteiger partial charge in [0, 0.05) is 0 Å². The number of hydrogen-bond donors (Lipinski definition) is 0. The minimum absolute atomic E-state index is 0.0768. The van der Waals surface area contributed by atoms with Gasteiger partial charge in [-0.3, -0.25) is 0 Å². The highest BCUT2D eigenvalue weighted by molar-refractivity contribution is 5.44. The van der Waals surface area contributed by atoms with Crippen LogP contribution in [0.5, 0.6) is 11.5 Å². The summed E-state index contributed by atoms with van der Waals surface area (Å²) in [7, 11) is 0. The van der Waals surface area contributed by atoms with Gasteiger partial charge in [0.15, 0.2) is 11.5 Å². The van der Waals surface area contributed by atoms with Gasteiger partial charge in [-0.15, -0.1) is 0 Å². The van der Waals surface area contributed by atoms with E-state index in [-0.39, 0.29) is 17.4 Å². The van der Waals surface area contributed by atoms with E-state index in [9.17, 15) is 13.2 Å². The van der Waals surface area contributed by atoms with E-state index in [1.807, 2.05) is 13.8 Å². The Kier molecular flexibility index (Phi) is 5.07. The zero-order valence-corrected chi connectivity index (χ0v) is 10.2. The Bertz CT molecular complexity index is 405. The molecule has 0 spiro atoms. The van der Waals surface area contributed by atoms with Crippen molar-refractivity contribution in [1.29, 1.82) is 0 Å². The van der Waals surface area contributed by atoms with Crippen molar-refractivity contribution in [2.75, 3.05) is 0 Å². The fourth-order valence-corrected chi connectivity index (χ4v) is 1.34. The van der Waals surface area contributed by atoms with Crippen molar-refractivity contribution in [2.45, 2.75) is 32.7 Å². The van der Waals surface area contributed by atoms with Crippen LogP contribution in [0.15, 0.2) is 30.9 Å². The lowest BCUT2D eigenvalue weighted by Crippen LogP contribution is -2.09. The van der Waals surface area contributed by atoms with E-state index in [1.165, 1.54) is 12.1 Å². The summed E-state index contributed by atoms with van der Waals surface area (Å²) in [6.07, 6.45) is -0.849. The first-order valence-electron chi connectivity index (χ1n) is 5.46. The zero-order chi connectivity index (χ0) is 13.7. The maximum atomic E-state index is 13.0. The molecule has 0 radical (unpaired) electrons. The molecule has 0 aliphatic carbocycles. The smallest absolute Gasteiger partial charge is 0.387 e. The zero-order valence-electron chi connectivity index (χ0n) is 10.2. The van der Waals surface area contributed by atoms with E-state index in [0.29, 0.717) is 0 Å². The SMILES string of the molecule is C=CC(F)Oc1ccc(C(C)C)cc1OC(F)F. The van der Waals surface area contributed by atoms with Crippen LogP contribution in [0.25, 0.3) is 0 Å². The Balaban J connectivity index is 3.03. The lowest BCUT2D eigenvalue weighted by molar-refractivity contribution is -0.0528. The van der Waals surface area contributed by atoms with Gasteiger partial charge < -0.3 is 9.47 Å². The highest BCUT2D eigenvalue weighted by Crippen LogP contribution is 2.33. The van der Waals surface area contributed by atoms with E-state index >= 15 is 0 Å². The minimum atomic E-state index is -2.99. The van der Waals surface area contributed by atoms with E-state index in [2.05, 4.69) is 11.3 Å². The Labute approximate surface area is 104 Å². The Morgan fingerprint density at radius 2 is 1.78 bits per heavy atom. The molecular weight excluding hydrogens is 245 g/mol. The van der Waals surface area contributed by atoms with Crippen LogP contribution in [0.4, 0.5) is 13.2 Å². The number of benzene rings is 1. The number of halogens is 3. The van der Waals surface area contributed by atoms with Gasteiger partial charge >= 0.3 is 6.61 Å². The van der Waals surface area contributed by atoms with Crippen LogP contribution in [0.2, 0.25) is 0 Å². The molecule has 100 valence electrons. The molecule has 0 N–H and O–H groups in total. The van der Waals surface area contributed by atoms with Crippen LogP contribution in [0.3, 0.4) is 0 Å². The summed E-state index contributed by atoms with van der Waals surface area (Å²) in [5.41, 5.74) is 0.798. The molecule has 0 aliphatic heterocycles. The van der Waals surface area contributed by atoms with E-state index in [1.54, 1.807) is 6.07 Å². The first-order chi connectivity index (χ1) is 8.43. The molecule has 0 bridgehead atoms. The molecule has 1 unspecified atom stereocenters. The largest absolute Gasteiger partial charge is 0.453 e. The van der Waals surface area contributed by atoms with Crippen LogP contribution in [0.1, 0.15) is 25.3 Å². The third-order valence-corrected chi connectivity index (χ3v) is 2.28. The molecule has 0 saturated carbocycles. The highest BCUT2D eigenvalue weighted by Gasteiger charge is 2.15. The summed E-state index contributed by atoms with van der Waals surface area (Å²) in [6, 6.07) is 4.50. The average molecular weight is 260 g/mol. The second-order valence-electron chi connectivity index (χ2n) is 3.94. The van der Waals surface area contributed by atoms with E-state index in [4.69, 9.17) is 4.74 Å². The normalized spacial score (nSPS) is 12.6. The predicted octanol–water partition coefficient (Wildman–Crippen LogP) is 4.27. The molecule has 0 aliphatic rings. The predicted molar refractivity (Wildman–Crippen MR) is 62.9 cm³/mol. The molecule has 5 heteroatoms. The maximum Gasteiger partial charge on any atom is 0.387 e. The monoisotopic (exact) mass is 260 g/mol. The van der Waals surface area contributed by atoms with Gasteiger partial charge in [0.25, 0.3) is 6.36 Å². The molecule has 0 aromatic heterocycles. The second-order valence-corrected chi connectivity index (χ2v) is 3.94. The first-order valence-corrected chi connectivity index (χ1v) is 5.46. The molecule has 1 rings (SSSR count). The molecule has 0 heterocycles. The topological polar surface area (TPSA) is 18.5 Å². The lowest BCUT2D eigenvalue weighted by atomic mass is 10.0. The summed E-state index contributed by atoms with van der Waals surface area (Å²) in [5.74, 6) is -0.118. The van der Waals surface area contributed by atoms with Crippen LogP contribution in [0, 0.1) is 0 Å². The quantitative estimate of drug-likeness (QED) is 0.711. The standard InChI is InChI=1S/C13H15F3O2/c1-4-12(14)17-10-6-5-9(8(2)3)7-11(10)18-13(15)16/h4-8,12-13H,1H2,2-3H3. The molecule has 1 aromatic rings. The van der Waals surface area contributed by atoms with E-state index in [0.717, 1.165) is 11.6 Å². The van der Waals surface area contributed by atoms with Crippen molar-refractivity contribution < 1.29 is 22.6 Å². The van der Waals surface area contributed by atoms with Gasteiger partial charge in [-0.2, -0.15) is 13.2 Å². The van der Waals surface area contributed by atoms with Crippen molar-refractivity contribution in [2.24, 2.45) is 0 Å². The molecule has 0 amide bonds. The fourth-order valence-electron chi connectivity index (χ4n) is 1.34. The molecule has 2 nitrogen and oxygen atoms in total. The third kappa shape index (κ3) is 3.98. The van der Waals surface area contributed by atoms with Gasteiger partial charge in [0.1, 0.15) is 0 Å². The van der Waals surface area contributed by atoms with Gasteiger partial charge in [0.05, 0.1) is 0 Å². The van der Waals surface area contributed by atoms with Crippen molar-refractivity contribution in [3.8, 4) is 11.5 Å². The first kappa shape index (κ1) is 14.4. The summed E-state index contributed by atoms with van der Waals surface area (Å²) in [4.78, 5) is 0. The van der Waals surface area contributed by atoms with Gasteiger partial charge in [-0.25, -0.2) is 0 Å². The van der Waals surface area contributed by atoms with Gasteiger partial charge in [-0.05, 0) is 29.7 Å². The second kappa shape index (κ2) is 6.33. The molecule has 0 fully saturated rings. The van der Waals surface area contributed by atoms with Gasteiger partial charge in [0.2, 0.25) is 0 Å². The molecular formula is C13H15F3O2. The summed E-state index contributed by atoms with van der Waals surface area (Å²) >= 11 is 0. The van der Waals surface area contributed by atoms with Crippen molar-refractivity contribution in [3.05, 3.63) is 36.4 Å². The van der Waals surface area contributed by atoms with Gasteiger partial charge in [-0.1, -0.05) is 26.5 Å². The fraction of sp³-hybridized carbons (Fsp3) is 0.385. The molecule has 1 aromatic carbocycles. The number of alkyl halides is 3.